The highest BCUT2D eigenvalue weighted by Crippen LogP contribution is 2.20. The van der Waals surface area contributed by atoms with Crippen molar-refractivity contribution in [3.8, 4) is 0 Å². The fourth-order valence-electron chi connectivity index (χ4n) is 2.58. The third-order valence-electron chi connectivity index (χ3n) is 4.15. The zero-order valence-electron chi connectivity index (χ0n) is 15.9. The molecule has 2 amide bonds. The zero-order chi connectivity index (χ0) is 20.8. The predicted octanol–water partition coefficient (Wildman–Crippen LogP) is 3.94. The molecule has 0 fully saturated rings. The van der Waals surface area contributed by atoms with E-state index in [1.807, 2.05) is 24.4 Å². The lowest BCUT2D eigenvalue weighted by atomic mass is 10.1. The van der Waals surface area contributed by atoms with Gasteiger partial charge in [-0.2, -0.15) is 0 Å². The molecule has 0 aliphatic heterocycles. The van der Waals surface area contributed by atoms with Crippen LogP contribution < -0.4 is 10.6 Å². The summed E-state index contributed by atoms with van der Waals surface area (Å²) in [5.41, 5.74) is 1.45. The molecule has 2 heterocycles. The van der Waals surface area contributed by atoms with Crippen molar-refractivity contribution in [2.45, 2.75) is 19.9 Å². The van der Waals surface area contributed by atoms with Crippen molar-refractivity contribution in [2.24, 2.45) is 0 Å². The van der Waals surface area contributed by atoms with E-state index in [4.69, 9.17) is 9.15 Å². The molecule has 0 aliphatic rings. The number of ether oxygens (including phenoxy) is 1. The lowest BCUT2D eigenvalue weighted by molar-refractivity contribution is -0.124. The number of anilines is 1. The van der Waals surface area contributed by atoms with Gasteiger partial charge in [0.05, 0.1) is 17.9 Å². The molecule has 1 aromatic carbocycles. The van der Waals surface area contributed by atoms with E-state index in [1.165, 1.54) is 23.7 Å². The molecular weight excluding hydrogens is 392 g/mol. The molecule has 0 saturated heterocycles. The molecule has 7 nitrogen and oxygen atoms in total. The van der Waals surface area contributed by atoms with Crippen molar-refractivity contribution in [2.75, 3.05) is 11.9 Å². The number of carbonyl (C=O) groups is 3. The molecule has 3 rings (SSSR count). The Hall–Kier alpha value is -3.39. The molecule has 0 bridgehead atoms. The first-order valence-electron chi connectivity index (χ1n) is 8.89. The van der Waals surface area contributed by atoms with Crippen molar-refractivity contribution in [1.82, 2.24) is 5.32 Å². The van der Waals surface area contributed by atoms with Crippen LogP contribution in [0, 0.1) is 6.92 Å². The van der Waals surface area contributed by atoms with Crippen LogP contribution in [-0.4, -0.2) is 24.4 Å². The molecule has 0 unspecified atom stereocenters. The maximum Gasteiger partial charge on any atom is 0.338 e. The monoisotopic (exact) mass is 412 g/mol. The summed E-state index contributed by atoms with van der Waals surface area (Å²) in [4.78, 5) is 37.5. The third-order valence-corrected chi connectivity index (χ3v) is 5.20. The van der Waals surface area contributed by atoms with E-state index in [2.05, 4.69) is 10.6 Å². The van der Waals surface area contributed by atoms with Gasteiger partial charge in [-0.05, 0) is 55.1 Å². The lowest BCUT2D eigenvalue weighted by Gasteiger charge is -2.13. The standard InChI is InChI=1S/C21H20N2O5S/c1-13-7-8-15(11-16(13)23-20(25)17-5-3-9-27-17)21(26)28-12-19(24)22-14(2)18-6-4-10-29-18/h3-11,14H,12H2,1-2H3,(H,22,24)(H,23,25)/t14-/m0/s1. The number of rotatable bonds is 7. The lowest BCUT2D eigenvalue weighted by Crippen LogP contribution is -2.30. The molecule has 0 spiro atoms. The second-order valence-electron chi connectivity index (χ2n) is 6.34. The molecule has 2 aromatic heterocycles. The molecule has 3 aromatic rings. The van der Waals surface area contributed by atoms with Crippen molar-refractivity contribution in [3.63, 3.8) is 0 Å². The van der Waals surface area contributed by atoms with Gasteiger partial charge in [0.25, 0.3) is 11.8 Å². The molecule has 8 heteroatoms. The van der Waals surface area contributed by atoms with Gasteiger partial charge in [0, 0.05) is 10.6 Å². The second kappa shape index (κ2) is 9.20. The summed E-state index contributed by atoms with van der Waals surface area (Å²) in [6.07, 6.45) is 1.40. The summed E-state index contributed by atoms with van der Waals surface area (Å²) < 4.78 is 10.2. The Balaban J connectivity index is 1.57. The van der Waals surface area contributed by atoms with Gasteiger partial charge in [0.1, 0.15) is 0 Å². The molecule has 2 N–H and O–H groups in total. The third kappa shape index (κ3) is 5.32. The van der Waals surface area contributed by atoms with Crippen LogP contribution in [0.2, 0.25) is 0 Å². The van der Waals surface area contributed by atoms with Crippen LogP contribution in [0.1, 0.15) is 44.3 Å². The Kier molecular flexibility index (Phi) is 6.46. The normalized spacial score (nSPS) is 11.5. The van der Waals surface area contributed by atoms with Gasteiger partial charge in [-0.15, -0.1) is 11.3 Å². The molecule has 150 valence electrons. The molecular formula is C21H20N2O5S. The quantitative estimate of drug-likeness (QED) is 0.573. The van der Waals surface area contributed by atoms with E-state index in [-0.39, 0.29) is 17.4 Å². The van der Waals surface area contributed by atoms with Gasteiger partial charge >= 0.3 is 5.97 Å². The largest absolute Gasteiger partial charge is 0.459 e. The predicted molar refractivity (Wildman–Crippen MR) is 109 cm³/mol. The summed E-state index contributed by atoms with van der Waals surface area (Å²) in [6.45, 7) is 3.27. The number of thiophene rings is 1. The van der Waals surface area contributed by atoms with Gasteiger partial charge in [0.2, 0.25) is 0 Å². The Bertz CT molecular complexity index is 996. The van der Waals surface area contributed by atoms with Crippen LogP contribution in [-0.2, 0) is 9.53 Å². The Morgan fingerprint density at radius 2 is 2.00 bits per heavy atom. The van der Waals surface area contributed by atoms with Crippen LogP contribution in [0.5, 0.6) is 0 Å². The average molecular weight is 412 g/mol. The van der Waals surface area contributed by atoms with E-state index in [9.17, 15) is 14.4 Å². The number of hydrogen-bond donors (Lipinski definition) is 2. The maximum absolute atomic E-state index is 12.3. The highest BCUT2D eigenvalue weighted by atomic mass is 32.1. The fraction of sp³-hybridized carbons (Fsp3) is 0.190. The topological polar surface area (TPSA) is 97.6 Å². The minimum atomic E-state index is -0.655. The van der Waals surface area contributed by atoms with Gasteiger partial charge in [-0.1, -0.05) is 12.1 Å². The van der Waals surface area contributed by atoms with Crippen molar-refractivity contribution in [1.29, 1.82) is 0 Å². The number of amides is 2. The Morgan fingerprint density at radius 1 is 1.17 bits per heavy atom. The smallest absolute Gasteiger partial charge is 0.338 e. The highest BCUT2D eigenvalue weighted by molar-refractivity contribution is 7.10. The van der Waals surface area contributed by atoms with E-state index in [0.29, 0.717) is 5.69 Å². The van der Waals surface area contributed by atoms with Gasteiger partial charge < -0.3 is 19.8 Å². The molecule has 29 heavy (non-hydrogen) atoms. The minimum Gasteiger partial charge on any atom is -0.459 e. The van der Waals surface area contributed by atoms with Crippen LogP contribution in [0.3, 0.4) is 0 Å². The van der Waals surface area contributed by atoms with Crippen LogP contribution in [0.4, 0.5) is 5.69 Å². The average Bonchev–Trinajstić information content (AvgIpc) is 3.41. The van der Waals surface area contributed by atoms with E-state index in [1.54, 1.807) is 31.2 Å². The zero-order valence-corrected chi connectivity index (χ0v) is 16.7. The highest BCUT2D eigenvalue weighted by Gasteiger charge is 2.16. The summed E-state index contributed by atoms with van der Waals surface area (Å²) in [5, 5.41) is 7.40. The Labute approximate surface area is 171 Å². The first-order chi connectivity index (χ1) is 13.9. The summed E-state index contributed by atoms with van der Waals surface area (Å²) >= 11 is 1.54. The number of hydrogen-bond acceptors (Lipinski definition) is 6. The number of furan rings is 1. The van der Waals surface area contributed by atoms with Crippen molar-refractivity contribution in [3.05, 3.63) is 75.9 Å². The van der Waals surface area contributed by atoms with Gasteiger partial charge in [-0.3, -0.25) is 9.59 Å². The number of benzene rings is 1. The van der Waals surface area contributed by atoms with Crippen molar-refractivity contribution >= 4 is 34.8 Å². The number of carbonyl (C=O) groups excluding carboxylic acids is 3. The summed E-state index contributed by atoms with van der Waals surface area (Å²) in [6, 6.07) is 11.6. The molecule has 0 aliphatic carbocycles. The summed E-state index contributed by atoms with van der Waals surface area (Å²) in [7, 11) is 0. The maximum atomic E-state index is 12.3. The summed E-state index contributed by atoms with van der Waals surface area (Å²) in [5.74, 6) is -1.31. The van der Waals surface area contributed by atoms with E-state index >= 15 is 0 Å². The fourth-order valence-corrected chi connectivity index (χ4v) is 3.32. The molecule has 0 saturated carbocycles. The van der Waals surface area contributed by atoms with Gasteiger partial charge in [-0.25, -0.2) is 4.79 Å². The van der Waals surface area contributed by atoms with Crippen molar-refractivity contribution < 1.29 is 23.5 Å². The number of nitrogens with one attached hydrogen (secondary N) is 2. The van der Waals surface area contributed by atoms with Gasteiger partial charge in [0.15, 0.2) is 12.4 Å². The first kappa shape index (κ1) is 20.3. The molecule has 0 radical (unpaired) electrons. The first-order valence-corrected chi connectivity index (χ1v) is 9.77. The number of esters is 1. The van der Waals surface area contributed by atoms with Crippen LogP contribution in [0.25, 0.3) is 0 Å². The van der Waals surface area contributed by atoms with Crippen LogP contribution in [0.15, 0.2) is 58.5 Å². The second-order valence-corrected chi connectivity index (χ2v) is 7.32. The molecule has 1 atom stereocenters. The van der Waals surface area contributed by atoms with E-state index < -0.39 is 24.4 Å². The minimum absolute atomic E-state index is 0.161. The van der Waals surface area contributed by atoms with E-state index in [0.717, 1.165) is 10.4 Å². The Morgan fingerprint density at radius 3 is 2.69 bits per heavy atom. The number of aryl methyl sites for hydroxylation is 1. The van der Waals surface area contributed by atoms with Crippen LogP contribution >= 0.6 is 11.3 Å². The SMILES string of the molecule is Cc1ccc(C(=O)OCC(=O)N[C@@H](C)c2cccs2)cc1NC(=O)c1ccco1.